The Balaban J connectivity index is 1.86. The molecular weight excluding hydrogens is 274 g/mol. The van der Waals surface area contributed by atoms with Crippen LogP contribution < -0.4 is 5.73 Å². The molecule has 1 aromatic heterocycles. The summed E-state index contributed by atoms with van der Waals surface area (Å²) in [6.45, 7) is 0.481. The van der Waals surface area contributed by atoms with Crippen molar-refractivity contribution in [1.82, 2.24) is 20.2 Å². The van der Waals surface area contributed by atoms with Crippen LogP contribution in [0.4, 0.5) is 5.69 Å². The number of aromatic nitrogens is 4. The van der Waals surface area contributed by atoms with Crippen molar-refractivity contribution in [1.29, 1.82) is 0 Å². The van der Waals surface area contributed by atoms with Gasteiger partial charge >= 0.3 is 0 Å². The summed E-state index contributed by atoms with van der Waals surface area (Å²) < 4.78 is 0. The number of halogens is 1. The highest BCUT2D eigenvalue weighted by Crippen LogP contribution is 2.18. The molecule has 1 heterocycles. The number of rotatable bonds is 3. The predicted molar refractivity (Wildman–Crippen MR) is 78.2 cm³/mol. The van der Waals surface area contributed by atoms with Crippen molar-refractivity contribution in [2.75, 3.05) is 5.73 Å². The maximum atomic E-state index is 6.11. The minimum Gasteiger partial charge on any atom is -0.399 e. The Bertz CT molecular complexity index is 738. The molecule has 0 saturated heterocycles. The second-order valence-corrected chi connectivity index (χ2v) is 4.77. The average molecular weight is 286 g/mol. The molecule has 5 nitrogen and oxygen atoms in total. The molecule has 0 saturated carbocycles. The highest BCUT2D eigenvalue weighted by atomic mass is 35.5. The fraction of sp³-hybridized carbons (Fsp3) is 0.0714. The zero-order valence-corrected chi connectivity index (χ0v) is 11.3. The normalized spacial score (nSPS) is 10.7. The van der Waals surface area contributed by atoms with E-state index in [4.69, 9.17) is 17.3 Å². The molecule has 2 N–H and O–H groups in total. The van der Waals surface area contributed by atoms with Crippen LogP contribution in [0, 0.1) is 0 Å². The Morgan fingerprint density at radius 2 is 1.95 bits per heavy atom. The molecule has 20 heavy (non-hydrogen) atoms. The fourth-order valence-electron chi connectivity index (χ4n) is 1.88. The molecule has 0 bridgehead atoms. The van der Waals surface area contributed by atoms with Crippen LogP contribution in [0.3, 0.4) is 0 Å². The van der Waals surface area contributed by atoms with Gasteiger partial charge in [0.05, 0.1) is 6.54 Å². The summed E-state index contributed by atoms with van der Waals surface area (Å²) in [6.07, 6.45) is 0. The molecule has 0 spiro atoms. The number of tetrazole rings is 1. The van der Waals surface area contributed by atoms with Crippen molar-refractivity contribution >= 4 is 17.3 Å². The van der Waals surface area contributed by atoms with Crippen molar-refractivity contribution in [2.45, 2.75) is 6.54 Å². The van der Waals surface area contributed by atoms with E-state index in [9.17, 15) is 0 Å². The minimum atomic E-state index is 0.481. The van der Waals surface area contributed by atoms with Crippen LogP contribution in [0.5, 0.6) is 0 Å². The molecule has 0 unspecified atom stereocenters. The van der Waals surface area contributed by atoms with Gasteiger partial charge in [0.1, 0.15) is 0 Å². The number of benzene rings is 2. The Kier molecular flexibility index (Phi) is 3.35. The molecule has 0 aliphatic carbocycles. The fourth-order valence-corrected chi connectivity index (χ4v) is 2.08. The predicted octanol–water partition coefficient (Wildman–Crippen LogP) is 2.62. The van der Waals surface area contributed by atoms with Gasteiger partial charge in [0, 0.05) is 16.3 Å². The van der Waals surface area contributed by atoms with E-state index in [0.717, 1.165) is 11.1 Å². The second kappa shape index (κ2) is 5.30. The molecule has 0 amide bonds. The second-order valence-electron chi connectivity index (χ2n) is 4.36. The van der Waals surface area contributed by atoms with Crippen molar-refractivity contribution in [3.05, 3.63) is 59.1 Å². The number of hydrogen-bond acceptors (Lipinski definition) is 4. The standard InChI is InChI=1S/C14H12ClN5/c15-13-7-2-1-4-11(13)9-20-18-14(17-19-20)10-5-3-6-12(16)8-10/h1-8H,9,16H2. The highest BCUT2D eigenvalue weighted by molar-refractivity contribution is 6.31. The van der Waals surface area contributed by atoms with Crippen LogP contribution in [0.25, 0.3) is 11.4 Å². The highest BCUT2D eigenvalue weighted by Gasteiger charge is 2.07. The number of hydrogen-bond donors (Lipinski definition) is 1. The average Bonchev–Trinajstić information content (AvgIpc) is 2.90. The lowest BCUT2D eigenvalue weighted by Crippen LogP contribution is -2.04. The quantitative estimate of drug-likeness (QED) is 0.751. The summed E-state index contributed by atoms with van der Waals surface area (Å²) in [6, 6.07) is 15.0. The maximum absolute atomic E-state index is 6.11. The monoisotopic (exact) mass is 285 g/mol. The van der Waals surface area contributed by atoms with E-state index in [1.807, 2.05) is 48.5 Å². The zero-order valence-electron chi connectivity index (χ0n) is 10.6. The number of anilines is 1. The minimum absolute atomic E-state index is 0.481. The molecule has 0 aliphatic heterocycles. The van der Waals surface area contributed by atoms with Gasteiger partial charge in [-0.1, -0.05) is 41.9 Å². The molecular formula is C14H12ClN5. The van der Waals surface area contributed by atoms with Crippen molar-refractivity contribution in [3.8, 4) is 11.4 Å². The molecule has 2 aromatic carbocycles. The van der Waals surface area contributed by atoms with Gasteiger partial charge < -0.3 is 5.73 Å². The third kappa shape index (κ3) is 2.62. The van der Waals surface area contributed by atoms with Gasteiger partial charge in [0.2, 0.25) is 5.82 Å². The first-order chi connectivity index (χ1) is 9.72. The molecule has 6 heteroatoms. The van der Waals surface area contributed by atoms with Gasteiger partial charge in [-0.05, 0) is 29.0 Å². The van der Waals surface area contributed by atoms with Gasteiger partial charge in [0.15, 0.2) is 0 Å². The molecule has 100 valence electrons. The lowest BCUT2D eigenvalue weighted by Gasteiger charge is -2.01. The molecule has 3 rings (SSSR count). The summed E-state index contributed by atoms with van der Waals surface area (Å²) in [5.74, 6) is 0.546. The van der Waals surface area contributed by atoms with Crippen LogP contribution in [0.1, 0.15) is 5.56 Å². The summed E-state index contributed by atoms with van der Waals surface area (Å²) in [4.78, 5) is 1.51. The van der Waals surface area contributed by atoms with Gasteiger partial charge in [-0.2, -0.15) is 4.80 Å². The summed E-state index contributed by atoms with van der Waals surface area (Å²) in [7, 11) is 0. The summed E-state index contributed by atoms with van der Waals surface area (Å²) in [5.41, 5.74) is 8.21. The SMILES string of the molecule is Nc1cccc(-c2nnn(Cc3ccccc3Cl)n2)c1. The van der Waals surface area contributed by atoms with E-state index < -0.39 is 0 Å². The third-order valence-corrected chi connectivity index (χ3v) is 3.24. The van der Waals surface area contributed by atoms with Gasteiger partial charge in [0.25, 0.3) is 0 Å². The van der Waals surface area contributed by atoms with E-state index in [1.54, 1.807) is 0 Å². The first-order valence-electron chi connectivity index (χ1n) is 6.09. The number of nitrogen functional groups attached to an aromatic ring is 1. The molecule has 0 aliphatic rings. The topological polar surface area (TPSA) is 69.6 Å². The molecule has 0 atom stereocenters. The van der Waals surface area contributed by atoms with Crippen molar-refractivity contribution in [3.63, 3.8) is 0 Å². The first-order valence-corrected chi connectivity index (χ1v) is 6.47. The van der Waals surface area contributed by atoms with E-state index in [-0.39, 0.29) is 0 Å². The van der Waals surface area contributed by atoms with Crippen molar-refractivity contribution in [2.24, 2.45) is 0 Å². The smallest absolute Gasteiger partial charge is 0.205 e. The third-order valence-electron chi connectivity index (χ3n) is 2.87. The van der Waals surface area contributed by atoms with Crippen LogP contribution >= 0.6 is 11.6 Å². The van der Waals surface area contributed by atoms with Gasteiger partial charge in [-0.25, -0.2) is 0 Å². The Hall–Kier alpha value is -2.40. The van der Waals surface area contributed by atoms with E-state index in [0.29, 0.717) is 23.1 Å². The maximum Gasteiger partial charge on any atom is 0.205 e. The van der Waals surface area contributed by atoms with Crippen LogP contribution in [0.2, 0.25) is 5.02 Å². The molecule has 0 fully saturated rings. The summed E-state index contributed by atoms with van der Waals surface area (Å²) >= 11 is 6.11. The lowest BCUT2D eigenvalue weighted by atomic mass is 10.2. The molecule has 3 aromatic rings. The van der Waals surface area contributed by atoms with Crippen molar-refractivity contribution < 1.29 is 0 Å². The van der Waals surface area contributed by atoms with E-state index in [1.165, 1.54) is 4.80 Å². The van der Waals surface area contributed by atoms with Gasteiger partial charge in [-0.15, -0.1) is 10.2 Å². The first kappa shape index (κ1) is 12.6. The Morgan fingerprint density at radius 3 is 2.75 bits per heavy atom. The van der Waals surface area contributed by atoms with Crippen LogP contribution in [-0.4, -0.2) is 20.2 Å². The number of nitrogens with zero attached hydrogens (tertiary/aromatic N) is 4. The zero-order chi connectivity index (χ0) is 13.9. The van der Waals surface area contributed by atoms with Crippen LogP contribution in [0.15, 0.2) is 48.5 Å². The van der Waals surface area contributed by atoms with E-state index in [2.05, 4.69) is 15.4 Å². The molecule has 0 radical (unpaired) electrons. The lowest BCUT2D eigenvalue weighted by molar-refractivity contribution is 0.573. The van der Waals surface area contributed by atoms with E-state index >= 15 is 0 Å². The summed E-state index contributed by atoms with van der Waals surface area (Å²) in [5, 5.41) is 13.1. The van der Waals surface area contributed by atoms with Gasteiger partial charge in [-0.3, -0.25) is 0 Å². The Morgan fingerprint density at radius 1 is 1.10 bits per heavy atom. The Labute approximate surface area is 121 Å². The van der Waals surface area contributed by atoms with Crippen LogP contribution in [-0.2, 0) is 6.54 Å². The largest absolute Gasteiger partial charge is 0.399 e. The number of nitrogens with two attached hydrogens (primary N) is 1.